The average molecular weight is 779 g/mol. The van der Waals surface area contributed by atoms with E-state index in [0.717, 1.165) is 94.2 Å². The number of ether oxygens (including phenoxy) is 4. The van der Waals surface area contributed by atoms with Crippen LogP contribution < -0.4 is 18.9 Å². The number of hydrogen-bond donors (Lipinski definition) is 0. The van der Waals surface area contributed by atoms with Gasteiger partial charge < -0.3 is 18.9 Å². The second kappa shape index (κ2) is 15.6. The second-order valence-electron chi connectivity index (χ2n) is 17.0. The van der Waals surface area contributed by atoms with Crippen LogP contribution in [0.15, 0.2) is 85.2 Å². The van der Waals surface area contributed by atoms with E-state index in [1.54, 1.807) is 14.2 Å². The fraction of sp³-hybridized carbons (Fsp3) is 0.458. The fourth-order valence-corrected chi connectivity index (χ4v) is 11.1. The Bertz CT molecular complexity index is 2280. The third-order valence-corrected chi connectivity index (χ3v) is 14.3. The van der Waals surface area contributed by atoms with Gasteiger partial charge in [0.25, 0.3) is 0 Å². The number of pyridine rings is 2. The summed E-state index contributed by atoms with van der Waals surface area (Å²) < 4.78 is 26.0. The van der Waals surface area contributed by atoms with E-state index in [4.69, 9.17) is 39.1 Å². The van der Waals surface area contributed by atoms with E-state index in [1.807, 2.05) is 36.7 Å². The smallest absolute Gasteiger partial charge is 0.242 e. The number of rotatable bonds is 12. The van der Waals surface area contributed by atoms with Crippen molar-refractivity contribution in [1.82, 2.24) is 30.0 Å². The Balaban J connectivity index is 1.06. The Hall–Kier alpha value is -5.06. The van der Waals surface area contributed by atoms with Crippen LogP contribution in [-0.2, 0) is 0 Å². The molecule has 0 spiro atoms. The van der Waals surface area contributed by atoms with Crippen LogP contribution in [0.3, 0.4) is 0 Å². The quantitative estimate of drug-likeness (QED) is 0.120. The van der Waals surface area contributed by atoms with E-state index in [0.29, 0.717) is 35.4 Å². The summed E-state index contributed by atoms with van der Waals surface area (Å²) in [6.07, 6.45) is 10.2. The molecule has 0 N–H and O–H groups in total. The molecule has 0 saturated carbocycles. The van der Waals surface area contributed by atoms with Crippen LogP contribution in [0.4, 0.5) is 0 Å². The van der Waals surface area contributed by atoms with E-state index in [9.17, 15) is 0 Å². The Morgan fingerprint density at radius 1 is 0.603 bits per heavy atom. The minimum absolute atomic E-state index is 0.180. The van der Waals surface area contributed by atoms with E-state index >= 15 is 0 Å². The van der Waals surface area contributed by atoms with Crippen molar-refractivity contribution in [2.24, 2.45) is 23.7 Å². The third-order valence-electron chi connectivity index (χ3n) is 14.3. The molecule has 9 heterocycles. The zero-order valence-electron chi connectivity index (χ0n) is 34.1. The molecule has 6 aliphatic rings. The number of benzene rings is 3. The van der Waals surface area contributed by atoms with Crippen LogP contribution in [0.2, 0.25) is 0 Å². The molecule has 300 valence electrons. The summed E-state index contributed by atoms with van der Waals surface area (Å²) in [7, 11) is 3.42. The van der Waals surface area contributed by atoms with Crippen molar-refractivity contribution < 1.29 is 18.9 Å². The largest absolute Gasteiger partial charge is 0.497 e. The zero-order chi connectivity index (χ0) is 39.3. The lowest BCUT2D eigenvalue weighted by molar-refractivity contribution is -0.0505. The molecule has 0 aliphatic carbocycles. The minimum Gasteiger partial charge on any atom is -0.497 e. The molecule has 4 unspecified atom stereocenters. The van der Waals surface area contributed by atoms with Gasteiger partial charge in [0, 0.05) is 47.4 Å². The Kier molecular flexibility index (Phi) is 10.0. The van der Waals surface area contributed by atoms with Gasteiger partial charge in [0.2, 0.25) is 11.8 Å². The minimum atomic E-state index is -0.300. The summed E-state index contributed by atoms with van der Waals surface area (Å²) in [5.74, 6) is 5.39. The SMILES string of the molecule is CC[C@H]1CN2CCC1C[C@@H]2[C@@H](Oc1nnc(O[C@@H](c2ccnc3ccc(OC)cc23)C2C[C@H]3CCN2C[C@H]3CC)c2ccccc12)c1ccnc2ccc(OC)cc12. The first-order valence-electron chi connectivity index (χ1n) is 21.5. The molecule has 10 atom stereocenters. The van der Waals surface area contributed by atoms with Crippen molar-refractivity contribution in [2.45, 2.75) is 76.7 Å². The molecule has 0 amide bonds. The van der Waals surface area contributed by atoms with Gasteiger partial charge in [-0.05, 0) is 123 Å². The van der Waals surface area contributed by atoms with Gasteiger partial charge in [0.05, 0.1) is 48.1 Å². The van der Waals surface area contributed by atoms with E-state index in [1.165, 1.54) is 25.7 Å². The molecule has 12 rings (SSSR count). The fourth-order valence-electron chi connectivity index (χ4n) is 11.1. The van der Waals surface area contributed by atoms with Gasteiger partial charge in [-0.1, -0.05) is 38.8 Å². The zero-order valence-corrected chi connectivity index (χ0v) is 34.1. The monoisotopic (exact) mass is 778 g/mol. The van der Waals surface area contributed by atoms with Crippen LogP contribution in [0.25, 0.3) is 32.6 Å². The highest BCUT2D eigenvalue weighted by atomic mass is 16.5. The standard InChI is InChI=1S/C48H54N6O4/c1-5-29-27-53-21-17-31(29)23-43(53)45(35-15-19-49-41-13-11-33(55-3)25-39(35)41)57-47-37-9-7-8-10-38(37)48(52-51-47)58-46(44-24-32-18-22-54(44)28-30(32)6-2)36-16-20-50-42-14-12-34(56-4)26-40(36)42/h7-16,19-20,25-26,29-32,43-46H,5-6,17-18,21-24,27-28H2,1-4H3/t29-,30+,31-,32?,43?,44-,45+,46+/m1/s1. The summed E-state index contributed by atoms with van der Waals surface area (Å²) in [5.41, 5.74) is 4.01. The van der Waals surface area contributed by atoms with Crippen molar-refractivity contribution in [2.75, 3.05) is 40.4 Å². The molecule has 10 heteroatoms. The van der Waals surface area contributed by atoms with Crippen molar-refractivity contribution in [3.63, 3.8) is 0 Å². The third kappa shape index (κ3) is 6.58. The maximum atomic E-state index is 7.30. The maximum Gasteiger partial charge on any atom is 0.242 e. The second-order valence-corrected chi connectivity index (χ2v) is 17.0. The van der Waals surface area contributed by atoms with Gasteiger partial charge in [0.15, 0.2) is 0 Å². The molecule has 6 saturated heterocycles. The number of hydrogen-bond acceptors (Lipinski definition) is 10. The first kappa shape index (κ1) is 37.2. The van der Waals surface area contributed by atoms with E-state index < -0.39 is 0 Å². The van der Waals surface area contributed by atoms with Gasteiger partial charge >= 0.3 is 0 Å². The normalized spacial score (nSPS) is 27.4. The highest BCUT2D eigenvalue weighted by Gasteiger charge is 2.46. The van der Waals surface area contributed by atoms with Crippen LogP contribution in [-0.4, -0.2) is 82.4 Å². The lowest BCUT2D eigenvalue weighted by Gasteiger charge is -2.52. The number of nitrogens with zero attached hydrogens (tertiary/aromatic N) is 6. The molecular weight excluding hydrogens is 725 g/mol. The first-order valence-corrected chi connectivity index (χ1v) is 21.5. The molecule has 6 aromatic rings. The summed E-state index contributed by atoms with van der Waals surface area (Å²) in [6.45, 7) is 9.00. The highest BCUT2D eigenvalue weighted by molar-refractivity contribution is 5.91. The Labute approximate surface area is 340 Å². The number of fused-ring (bicyclic) bond motifs is 9. The van der Waals surface area contributed by atoms with Crippen LogP contribution in [0.5, 0.6) is 23.3 Å². The predicted octanol–water partition coefficient (Wildman–Crippen LogP) is 9.22. The topological polar surface area (TPSA) is 95.0 Å². The van der Waals surface area contributed by atoms with Crippen molar-refractivity contribution in [3.05, 3.63) is 96.3 Å². The van der Waals surface area contributed by atoms with E-state index in [2.05, 4.69) is 72.2 Å². The van der Waals surface area contributed by atoms with Crippen molar-refractivity contribution >= 4 is 32.6 Å². The molecule has 0 radical (unpaired) electrons. The van der Waals surface area contributed by atoms with Gasteiger partial charge in [-0.15, -0.1) is 10.2 Å². The lowest BCUT2D eigenvalue weighted by Crippen LogP contribution is -2.56. The summed E-state index contributed by atoms with van der Waals surface area (Å²) >= 11 is 0. The lowest BCUT2D eigenvalue weighted by atomic mass is 9.72. The van der Waals surface area contributed by atoms with Gasteiger partial charge in [-0.2, -0.15) is 0 Å². The summed E-state index contributed by atoms with van der Waals surface area (Å²) in [6, 6.07) is 25.1. The predicted molar refractivity (Wildman–Crippen MR) is 227 cm³/mol. The number of methoxy groups -OCH3 is 2. The molecule has 6 fully saturated rings. The van der Waals surface area contributed by atoms with Gasteiger partial charge in [-0.3, -0.25) is 19.8 Å². The molecule has 3 aromatic carbocycles. The molecule has 4 bridgehead atoms. The van der Waals surface area contributed by atoms with Crippen LogP contribution >= 0.6 is 0 Å². The average Bonchev–Trinajstić information content (AvgIpc) is 3.29. The van der Waals surface area contributed by atoms with Crippen molar-refractivity contribution in [1.29, 1.82) is 0 Å². The Morgan fingerprint density at radius 2 is 1.07 bits per heavy atom. The van der Waals surface area contributed by atoms with Crippen molar-refractivity contribution in [3.8, 4) is 23.3 Å². The van der Waals surface area contributed by atoms with Gasteiger partial charge in [0.1, 0.15) is 23.7 Å². The Morgan fingerprint density at radius 3 is 1.47 bits per heavy atom. The maximum absolute atomic E-state index is 7.30. The van der Waals surface area contributed by atoms with Gasteiger partial charge in [-0.25, -0.2) is 0 Å². The summed E-state index contributed by atoms with van der Waals surface area (Å²) in [4.78, 5) is 14.8. The molecule has 6 aliphatic heterocycles. The van der Waals surface area contributed by atoms with Crippen LogP contribution in [0, 0.1) is 23.7 Å². The highest BCUT2D eigenvalue weighted by Crippen LogP contribution is 2.47. The first-order chi connectivity index (χ1) is 28.5. The van der Waals surface area contributed by atoms with E-state index in [-0.39, 0.29) is 24.3 Å². The molecular formula is C48H54N6O4. The summed E-state index contributed by atoms with van der Waals surface area (Å²) in [5, 5.41) is 13.7. The number of piperidine rings is 6. The molecule has 58 heavy (non-hydrogen) atoms. The molecule has 3 aromatic heterocycles. The number of aromatic nitrogens is 4. The molecule has 10 nitrogen and oxygen atoms in total. The van der Waals surface area contributed by atoms with Crippen LogP contribution in [0.1, 0.15) is 75.7 Å².